The fourth-order valence-electron chi connectivity index (χ4n) is 2.37. The van der Waals surface area contributed by atoms with Crippen LogP contribution in [0.4, 0.5) is 0 Å². The lowest BCUT2D eigenvalue weighted by molar-refractivity contribution is 0.219. The second-order valence-corrected chi connectivity index (χ2v) is 6.74. The van der Waals surface area contributed by atoms with Crippen molar-refractivity contribution in [3.63, 3.8) is 0 Å². The summed E-state index contributed by atoms with van der Waals surface area (Å²) in [5.41, 5.74) is 2.16. The lowest BCUT2D eigenvalue weighted by Gasteiger charge is -2.19. The second kappa shape index (κ2) is 6.53. The zero-order valence-corrected chi connectivity index (χ0v) is 13.2. The quantitative estimate of drug-likeness (QED) is 0.709. The third-order valence-corrected chi connectivity index (χ3v) is 5.28. The van der Waals surface area contributed by atoms with Crippen LogP contribution in [-0.4, -0.2) is 13.2 Å². The number of benzene rings is 2. The summed E-state index contributed by atoms with van der Waals surface area (Å²) in [6.07, 6.45) is 0.321. The van der Waals surface area contributed by atoms with Crippen molar-refractivity contribution in [2.24, 2.45) is 0 Å². The number of aryl methyl sites for hydroxylation is 1. The molecule has 0 heterocycles. The van der Waals surface area contributed by atoms with Crippen molar-refractivity contribution in [2.75, 3.05) is 13.2 Å². The molecular formula is C16H21O3P. The van der Waals surface area contributed by atoms with Crippen molar-refractivity contribution in [2.45, 2.75) is 26.9 Å². The summed E-state index contributed by atoms with van der Waals surface area (Å²) >= 11 is 0. The monoisotopic (exact) mass is 292 g/mol. The average molecular weight is 292 g/mol. The minimum atomic E-state index is -3.07. The number of hydrogen-bond acceptors (Lipinski definition) is 3. The maximum absolute atomic E-state index is 12.7. The molecule has 0 saturated carbocycles. The highest BCUT2D eigenvalue weighted by atomic mass is 31.2. The highest BCUT2D eigenvalue weighted by Gasteiger charge is 2.25. The molecule has 2 aromatic rings. The molecule has 0 aliphatic rings. The molecule has 108 valence electrons. The smallest absolute Gasteiger partial charge is 0.309 e. The van der Waals surface area contributed by atoms with Gasteiger partial charge in [-0.25, -0.2) is 0 Å². The zero-order chi connectivity index (χ0) is 14.6. The SMILES string of the molecule is CCOP(=O)(Cc1c(C)ccc2ccccc12)OCC. The molecule has 0 amide bonds. The molecule has 2 rings (SSSR count). The summed E-state index contributed by atoms with van der Waals surface area (Å²) in [6, 6.07) is 12.3. The Morgan fingerprint density at radius 1 is 1.00 bits per heavy atom. The minimum absolute atomic E-state index is 0.321. The van der Waals surface area contributed by atoms with Crippen molar-refractivity contribution in [1.29, 1.82) is 0 Å². The molecule has 0 atom stereocenters. The van der Waals surface area contributed by atoms with Gasteiger partial charge in [0.15, 0.2) is 0 Å². The molecule has 0 radical (unpaired) electrons. The number of fused-ring (bicyclic) bond motifs is 1. The summed E-state index contributed by atoms with van der Waals surface area (Å²) < 4.78 is 23.6. The molecule has 20 heavy (non-hydrogen) atoms. The predicted octanol–water partition coefficient (Wildman–Crippen LogP) is 4.91. The summed E-state index contributed by atoms with van der Waals surface area (Å²) in [7, 11) is -3.07. The van der Waals surface area contributed by atoms with E-state index >= 15 is 0 Å². The lowest BCUT2D eigenvalue weighted by Crippen LogP contribution is -2.01. The Labute approximate surface area is 120 Å². The Balaban J connectivity index is 2.46. The van der Waals surface area contributed by atoms with Crippen LogP contribution in [-0.2, 0) is 19.8 Å². The van der Waals surface area contributed by atoms with E-state index in [2.05, 4.69) is 24.3 Å². The summed E-state index contributed by atoms with van der Waals surface area (Å²) in [6.45, 7) is 6.48. The predicted molar refractivity (Wildman–Crippen MR) is 83.2 cm³/mol. The molecule has 0 aliphatic carbocycles. The van der Waals surface area contributed by atoms with E-state index in [0.717, 1.165) is 21.9 Å². The summed E-state index contributed by atoms with van der Waals surface area (Å²) in [5.74, 6) is 0. The molecule has 0 unspecified atom stereocenters. The van der Waals surface area contributed by atoms with Crippen LogP contribution in [0, 0.1) is 6.92 Å². The van der Waals surface area contributed by atoms with E-state index in [1.54, 1.807) is 0 Å². The van der Waals surface area contributed by atoms with Gasteiger partial charge in [-0.3, -0.25) is 4.57 Å². The number of rotatable bonds is 6. The fraction of sp³-hybridized carbons (Fsp3) is 0.375. The first-order valence-corrected chi connectivity index (χ1v) is 8.68. The molecule has 0 fully saturated rings. The standard InChI is InChI=1S/C16H21O3P/c1-4-18-20(17,19-5-2)12-16-13(3)10-11-14-8-6-7-9-15(14)16/h6-11H,4-5,12H2,1-3H3. The Morgan fingerprint density at radius 2 is 1.65 bits per heavy atom. The van der Waals surface area contributed by atoms with Crippen molar-refractivity contribution in [3.8, 4) is 0 Å². The molecule has 0 saturated heterocycles. The van der Waals surface area contributed by atoms with Crippen LogP contribution in [0.25, 0.3) is 10.8 Å². The first-order valence-electron chi connectivity index (χ1n) is 6.95. The number of hydrogen-bond donors (Lipinski definition) is 0. The molecule has 0 N–H and O–H groups in total. The van der Waals surface area contributed by atoms with Gasteiger partial charge in [0, 0.05) is 0 Å². The van der Waals surface area contributed by atoms with E-state index in [1.165, 1.54) is 0 Å². The second-order valence-electron chi connectivity index (χ2n) is 4.69. The maximum atomic E-state index is 12.7. The van der Waals surface area contributed by atoms with E-state index in [1.807, 2.05) is 32.9 Å². The van der Waals surface area contributed by atoms with Crippen molar-refractivity contribution < 1.29 is 13.6 Å². The van der Waals surface area contributed by atoms with E-state index in [9.17, 15) is 4.57 Å². The van der Waals surface area contributed by atoms with Gasteiger partial charge in [-0.05, 0) is 42.7 Å². The fourth-order valence-corrected chi connectivity index (χ4v) is 4.22. The van der Waals surface area contributed by atoms with Gasteiger partial charge in [-0.1, -0.05) is 36.4 Å². The van der Waals surface area contributed by atoms with Gasteiger partial charge in [-0.2, -0.15) is 0 Å². The summed E-state index contributed by atoms with van der Waals surface area (Å²) in [5, 5.41) is 2.26. The van der Waals surface area contributed by atoms with Crippen molar-refractivity contribution in [3.05, 3.63) is 47.5 Å². The normalized spacial score (nSPS) is 11.9. The van der Waals surface area contributed by atoms with Gasteiger partial charge >= 0.3 is 7.60 Å². The van der Waals surface area contributed by atoms with E-state index in [-0.39, 0.29) is 0 Å². The highest BCUT2D eigenvalue weighted by molar-refractivity contribution is 7.53. The molecule has 2 aromatic carbocycles. The van der Waals surface area contributed by atoms with Crippen molar-refractivity contribution >= 4 is 18.4 Å². The topological polar surface area (TPSA) is 35.5 Å². The molecule has 3 nitrogen and oxygen atoms in total. The third kappa shape index (κ3) is 3.29. The Bertz CT molecular complexity index is 627. The van der Waals surface area contributed by atoms with Gasteiger partial charge in [0.25, 0.3) is 0 Å². The molecule has 0 spiro atoms. The van der Waals surface area contributed by atoms with Crippen molar-refractivity contribution in [1.82, 2.24) is 0 Å². The summed E-state index contributed by atoms with van der Waals surface area (Å²) in [4.78, 5) is 0. The first-order chi connectivity index (χ1) is 9.59. The van der Waals surface area contributed by atoms with Crippen LogP contribution in [0.15, 0.2) is 36.4 Å². The zero-order valence-electron chi connectivity index (χ0n) is 12.3. The molecule has 4 heteroatoms. The van der Waals surface area contributed by atoms with Crippen LogP contribution in [0.2, 0.25) is 0 Å². The molecular weight excluding hydrogens is 271 g/mol. The van der Waals surface area contributed by atoms with Gasteiger partial charge in [-0.15, -0.1) is 0 Å². The van der Waals surface area contributed by atoms with Gasteiger partial charge in [0.05, 0.1) is 19.4 Å². The maximum Gasteiger partial charge on any atom is 0.335 e. The van der Waals surface area contributed by atoms with E-state index < -0.39 is 7.60 Å². The van der Waals surface area contributed by atoms with E-state index in [4.69, 9.17) is 9.05 Å². The van der Waals surface area contributed by atoms with Crippen LogP contribution in [0.5, 0.6) is 0 Å². The molecule has 0 aliphatic heterocycles. The molecule has 0 bridgehead atoms. The van der Waals surface area contributed by atoms with Crippen LogP contribution in [0.1, 0.15) is 25.0 Å². The third-order valence-electron chi connectivity index (χ3n) is 3.28. The van der Waals surface area contributed by atoms with Crippen LogP contribution < -0.4 is 0 Å². The Hall–Kier alpha value is -1.15. The minimum Gasteiger partial charge on any atom is -0.309 e. The van der Waals surface area contributed by atoms with Crippen LogP contribution in [0.3, 0.4) is 0 Å². The lowest BCUT2D eigenvalue weighted by atomic mass is 10.0. The van der Waals surface area contributed by atoms with Gasteiger partial charge in [0.1, 0.15) is 0 Å². The highest BCUT2D eigenvalue weighted by Crippen LogP contribution is 2.52. The molecule has 0 aromatic heterocycles. The Kier molecular flexibility index (Phi) is 4.98. The first kappa shape index (κ1) is 15.2. The van der Waals surface area contributed by atoms with Gasteiger partial charge in [0.2, 0.25) is 0 Å². The Morgan fingerprint density at radius 3 is 2.30 bits per heavy atom. The average Bonchev–Trinajstić information content (AvgIpc) is 2.43. The van der Waals surface area contributed by atoms with Crippen LogP contribution >= 0.6 is 7.60 Å². The van der Waals surface area contributed by atoms with Gasteiger partial charge < -0.3 is 9.05 Å². The largest absolute Gasteiger partial charge is 0.335 e. The van der Waals surface area contributed by atoms with E-state index in [0.29, 0.717) is 19.4 Å².